The number of ether oxygens (including phenoxy) is 2. The standard InChI is InChI=1S/C39H60N2O4/c1-5-7-8-9-10-11-12-13-14-15-16-17-18-22-37(43)40-35-21-19-20-34(28-35)39-44-36(29-41(4)27-6-2)31(3)38(45-39)33-25-23-32(30-42)24-26-33/h6,19-21,23-26,28,31,36,38-39,42H,2,5,7-18,22,27,29-30H2,1,3-4H3,(H,40,43). The molecular formula is C39H60N2O4. The van der Waals surface area contributed by atoms with Crippen LogP contribution in [0.1, 0.15) is 133 Å². The molecule has 2 aromatic carbocycles. The van der Waals surface area contributed by atoms with Crippen molar-refractivity contribution in [1.29, 1.82) is 0 Å². The molecule has 4 atom stereocenters. The van der Waals surface area contributed by atoms with Crippen LogP contribution in [0.25, 0.3) is 0 Å². The Labute approximate surface area is 273 Å². The molecule has 0 aliphatic carbocycles. The van der Waals surface area contributed by atoms with E-state index in [1.165, 1.54) is 70.6 Å². The molecular weight excluding hydrogens is 560 g/mol. The summed E-state index contributed by atoms with van der Waals surface area (Å²) in [6, 6.07) is 15.8. The number of nitrogens with one attached hydrogen (secondary N) is 1. The van der Waals surface area contributed by atoms with Gasteiger partial charge in [-0.05, 0) is 36.7 Å². The minimum absolute atomic E-state index is 0.0138. The topological polar surface area (TPSA) is 71.0 Å². The van der Waals surface area contributed by atoms with E-state index in [-0.39, 0.29) is 30.6 Å². The fraction of sp³-hybridized carbons (Fsp3) is 0.615. The molecule has 0 bridgehead atoms. The number of likely N-dealkylation sites (N-methyl/N-ethyl adjacent to an activating group) is 1. The molecule has 4 unspecified atom stereocenters. The maximum absolute atomic E-state index is 12.8. The molecule has 1 saturated heterocycles. The van der Waals surface area contributed by atoms with Crippen LogP contribution in [-0.4, -0.2) is 42.2 Å². The fourth-order valence-electron chi connectivity index (χ4n) is 6.22. The Morgan fingerprint density at radius 3 is 2.11 bits per heavy atom. The van der Waals surface area contributed by atoms with Crippen molar-refractivity contribution in [3.8, 4) is 0 Å². The molecule has 2 aromatic rings. The van der Waals surface area contributed by atoms with E-state index in [9.17, 15) is 9.90 Å². The maximum atomic E-state index is 12.8. The van der Waals surface area contributed by atoms with Crippen LogP contribution in [0.4, 0.5) is 5.69 Å². The zero-order valence-corrected chi connectivity index (χ0v) is 28.4. The van der Waals surface area contributed by atoms with E-state index in [0.717, 1.165) is 48.3 Å². The van der Waals surface area contributed by atoms with Crippen LogP contribution in [0.15, 0.2) is 61.2 Å². The summed E-state index contributed by atoms with van der Waals surface area (Å²) in [6.07, 6.45) is 18.5. The molecule has 1 fully saturated rings. The zero-order chi connectivity index (χ0) is 32.3. The second-order valence-corrected chi connectivity index (χ2v) is 13.0. The summed E-state index contributed by atoms with van der Waals surface area (Å²) in [5.74, 6) is 0.164. The van der Waals surface area contributed by atoms with Crippen molar-refractivity contribution in [3.63, 3.8) is 0 Å². The van der Waals surface area contributed by atoms with Gasteiger partial charge in [0, 0.05) is 36.7 Å². The highest BCUT2D eigenvalue weighted by molar-refractivity contribution is 5.90. The van der Waals surface area contributed by atoms with Gasteiger partial charge < -0.3 is 24.8 Å². The average molecular weight is 621 g/mol. The van der Waals surface area contributed by atoms with E-state index in [2.05, 4.69) is 37.7 Å². The molecule has 45 heavy (non-hydrogen) atoms. The highest BCUT2D eigenvalue weighted by Gasteiger charge is 2.38. The Bertz CT molecular complexity index is 1100. The Balaban J connectivity index is 1.48. The van der Waals surface area contributed by atoms with Gasteiger partial charge in [-0.1, -0.05) is 133 Å². The van der Waals surface area contributed by atoms with Crippen LogP contribution < -0.4 is 5.32 Å². The molecule has 1 amide bonds. The van der Waals surface area contributed by atoms with E-state index < -0.39 is 6.29 Å². The lowest BCUT2D eigenvalue weighted by atomic mass is 9.90. The normalized spacial score (nSPS) is 19.9. The van der Waals surface area contributed by atoms with Crippen molar-refractivity contribution in [2.75, 3.05) is 25.5 Å². The van der Waals surface area contributed by atoms with Crippen LogP contribution >= 0.6 is 0 Å². The highest BCUT2D eigenvalue weighted by Crippen LogP contribution is 2.42. The Morgan fingerprint density at radius 2 is 1.51 bits per heavy atom. The van der Waals surface area contributed by atoms with E-state index in [0.29, 0.717) is 6.42 Å². The summed E-state index contributed by atoms with van der Waals surface area (Å²) in [5.41, 5.74) is 3.59. The number of unbranched alkanes of at least 4 members (excludes halogenated alkanes) is 12. The van der Waals surface area contributed by atoms with Gasteiger partial charge in [-0.25, -0.2) is 0 Å². The first-order valence-corrected chi connectivity index (χ1v) is 17.6. The summed E-state index contributed by atoms with van der Waals surface area (Å²) in [7, 11) is 2.07. The molecule has 3 rings (SSSR count). The van der Waals surface area contributed by atoms with Crippen molar-refractivity contribution in [1.82, 2.24) is 4.90 Å². The number of carbonyl (C=O) groups excluding carboxylic acids is 1. The number of carbonyl (C=O) groups is 1. The molecule has 0 radical (unpaired) electrons. The monoisotopic (exact) mass is 620 g/mol. The van der Waals surface area contributed by atoms with Crippen molar-refractivity contribution in [2.45, 2.75) is 129 Å². The predicted molar refractivity (Wildman–Crippen MR) is 186 cm³/mol. The highest BCUT2D eigenvalue weighted by atomic mass is 16.7. The molecule has 0 spiro atoms. The molecule has 0 saturated carbocycles. The largest absolute Gasteiger partial charge is 0.392 e. The lowest BCUT2D eigenvalue weighted by Gasteiger charge is -2.42. The number of hydrogen-bond acceptors (Lipinski definition) is 5. The van der Waals surface area contributed by atoms with Gasteiger partial charge in [-0.3, -0.25) is 4.79 Å². The predicted octanol–water partition coefficient (Wildman–Crippen LogP) is 9.51. The first-order valence-electron chi connectivity index (χ1n) is 17.6. The van der Waals surface area contributed by atoms with Crippen LogP contribution in [0, 0.1) is 5.92 Å². The quantitative estimate of drug-likeness (QED) is 0.101. The first kappa shape index (κ1) is 37.0. The van der Waals surface area contributed by atoms with Crippen LogP contribution in [0.2, 0.25) is 0 Å². The van der Waals surface area contributed by atoms with Crippen molar-refractivity contribution < 1.29 is 19.4 Å². The molecule has 2 N–H and O–H groups in total. The minimum Gasteiger partial charge on any atom is -0.392 e. The summed E-state index contributed by atoms with van der Waals surface area (Å²) in [6.45, 7) is 9.85. The number of anilines is 1. The zero-order valence-electron chi connectivity index (χ0n) is 28.4. The molecule has 0 aromatic heterocycles. The Morgan fingerprint density at radius 1 is 0.889 bits per heavy atom. The van der Waals surface area contributed by atoms with Gasteiger partial charge in [-0.2, -0.15) is 0 Å². The summed E-state index contributed by atoms with van der Waals surface area (Å²) in [5, 5.41) is 12.6. The lowest BCUT2D eigenvalue weighted by Crippen LogP contribution is -2.43. The van der Waals surface area contributed by atoms with Crippen molar-refractivity contribution >= 4 is 11.6 Å². The third-order valence-electron chi connectivity index (χ3n) is 9.01. The summed E-state index contributed by atoms with van der Waals surface area (Å²) < 4.78 is 13.2. The van der Waals surface area contributed by atoms with E-state index >= 15 is 0 Å². The van der Waals surface area contributed by atoms with E-state index in [1.54, 1.807) is 0 Å². The number of benzene rings is 2. The van der Waals surface area contributed by atoms with Gasteiger partial charge in [0.15, 0.2) is 6.29 Å². The SMILES string of the molecule is C=CCN(C)CC1OC(c2cccc(NC(=O)CCCCCCCCCCCCCCC)c2)OC(c2ccc(CO)cc2)C1C. The van der Waals surface area contributed by atoms with Crippen LogP contribution in [0.3, 0.4) is 0 Å². The maximum Gasteiger partial charge on any atom is 0.224 e. The minimum atomic E-state index is -0.566. The Kier molecular flexibility index (Phi) is 17.5. The fourth-order valence-corrected chi connectivity index (χ4v) is 6.22. The number of rotatable bonds is 22. The number of aliphatic hydroxyl groups excluding tert-OH is 1. The van der Waals surface area contributed by atoms with Gasteiger partial charge in [0.1, 0.15) is 0 Å². The Hall–Kier alpha value is -2.51. The van der Waals surface area contributed by atoms with Gasteiger partial charge in [0.2, 0.25) is 5.91 Å². The van der Waals surface area contributed by atoms with Crippen molar-refractivity contribution in [3.05, 3.63) is 77.9 Å². The smallest absolute Gasteiger partial charge is 0.224 e. The third-order valence-corrected chi connectivity index (χ3v) is 9.01. The van der Waals surface area contributed by atoms with Gasteiger partial charge in [0.25, 0.3) is 0 Å². The third kappa shape index (κ3) is 13.4. The van der Waals surface area contributed by atoms with Crippen molar-refractivity contribution in [2.24, 2.45) is 5.92 Å². The van der Waals surface area contributed by atoms with E-state index in [4.69, 9.17) is 9.47 Å². The van der Waals surface area contributed by atoms with Crippen LogP contribution in [-0.2, 0) is 20.9 Å². The van der Waals surface area contributed by atoms with Gasteiger partial charge >= 0.3 is 0 Å². The lowest BCUT2D eigenvalue weighted by molar-refractivity contribution is -0.275. The summed E-state index contributed by atoms with van der Waals surface area (Å²) in [4.78, 5) is 15.0. The number of nitrogens with zero attached hydrogens (tertiary/aromatic N) is 1. The second kappa shape index (κ2) is 21.3. The number of aliphatic hydroxyl groups is 1. The molecule has 6 nitrogen and oxygen atoms in total. The van der Waals surface area contributed by atoms with E-state index in [1.807, 2.05) is 54.6 Å². The first-order chi connectivity index (χ1) is 21.9. The molecule has 1 aliphatic heterocycles. The summed E-state index contributed by atoms with van der Waals surface area (Å²) >= 11 is 0. The molecule has 1 aliphatic rings. The van der Waals surface area contributed by atoms with Crippen LogP contribution in [0.5, 0.6) is 0 Å². The van der Waals surface area contributed by atoms with Gasteiger partial charge in [0.05, 0.1) is 18.8 Å². The molecule has 1 heterocycles. The number of amides is 1. The molecule has 6 heteroatoms. The number of hydrogen-bond donors (Lipinski definition) is 2. The molecule has 250 valence electrons. The second-order valence-electron chi connectivity index (χ2n) is 13.0. The average Bonchev–Trinajstić information content (AvgIpc) is 3.04. The van der Waals surface area contributed by atoms with Gasteiger partial charge in [-0.15, -0.1) is 6.58 Å².